The molecule has 0 radical (unpaired) electrons. The molecule has 1 aromatic heterocycles. The Bertz CT molecular complexity index is 2740. The zero-order valence-corrected chi connectivity index (χ0v) is 45.1. The van der Waals surface area contributed by atoms with Gasteiger partial charge in [0, 0.05) is 63.8 Å². The van der Waals surface area contributed by atoms with Crippen LogP contribution in [0, 0.1) is 23.7 Å². The number of methoxy groups -OCH3 is 1. The summed E-state index contributed by atoms with van der Waals surface area (Å²) in [5, 5.41) is 27.1. The van der Waals surface area contributed by atoms with Crippen LogP contribution in [0.1, 0.15) is 106 Å². The first-order chi connectivity index (χ1) is 36.3. The number of alkyl halides is 3. The summed E-state index contributed by atoms with van der Waals surface area (Å²) >= 11 is 2.47. The molecule has 4 aromatic rings. The van der Waals surface area contributed by atoms with Crippen LogP contribution in [0.5, 0.6) is 17.2 Å². The van der Waals surface area contributed by atoms with Crippen molar-refractivity contribution in [1.82, 2.24) is 20.4 Å². The van der Waals surface area contributed by atoms with Crippen LogP contribution in [0.25, 0.3) is 16.5 Å². The van der Waals surface area contributed by atoms with Gasteiger partial charge in [-0.15, -0.1) is 11.3 Å². The molecule has 2 saturated heterocycles. The number of benzene rings is 3. The second-order valence-corrected chi connectivity index (χ2v) is 21.6. The summed E-state index contributed by atoms with van der Waals surface area (Å²) in [6, 6.07) is 17.4. The lowest BCUT2D eigenvalue weighted by Gasteiger charge is -2.35. The molecule has 0 aliphatic carbocycles. The number of aliphatic hydroxyl groups is 1. The first-order valence-electron chi connectivity index (χ1n) is 25.3. The Kier molecular flexibility index (Phi) is 21.5. The molecule has 2 fully saturated rings. The van der Waals surface area contributed by atoms with Gasteiger partial charge in [0.2, 0.25) is 17.7 Å². The second-order valence-electron chi connectivity index (χ2n) is 19.7. The largest absolute Gasteiger partial charge is 0.493 e. The second kappa shape index (κ2) is 27.7. The number of likely N-dealkylation sites (tertiary alicyclic amines) is 1. The molecule has 0 bridgehead atoms. The van der Waals surface area contributed by atoms with Crippen LogP contribution in [0.4, 0.5) is 18.0 Å². The number of hydrogen-bond acceptors (Lipinski definition) is 13. The molecule has 2 aliphatic heterocycles. The highest BCUT2D eigenvalue weighted by atomic mass is 32.2. The van der Waals surface area contributed by atoms with Crippen LogP contribution in [0.2, 0.25) is 0 Å². The van der Waals surface area contributed by atoms with Gasteiger partial charge in [0.05, 0.1) is 35.3 Å². The molecule has 0 spiro atoms. The molecule has 3 heterocycles. The monoisotopic (exact) mass is 1090 g/mol. The van der Waals surface area contributed by atoms with Gasteiger partial charge in [-0.1, -0.05) is 57.5 Å². The van der Waals surface area contributed by atoms with Gasteiger partial charge in [-0.2, -0.15) is 18.4 Å². The Balaban J connectivity index is 0.808. The fourth-order valence-electron chi connectivity index (χ4n) is 8.59. The van der Waals surface area contributed by atoms with Gasteiger partial charge in [-0.05, 0) is 133 Å². The average Bonchev–Trinajstić information content (AvgIpc) is 4.08. The molecule has 0 saturated carbocycles. The normalized spacial score (nSPS) is 16.8. The highest BCUT2D eigenvalue weighted by Crippen LogP contribution is 2.42. The summed E-state index contributed by atoms with van der Waals surface area (Å²) < 4.78 is 63.5. The maximum atomic E-state index is 14.0. The number of imide groups is 1. The van der Waals surface area contributed by atoms with Crippen molar-refractivity contribution < 1.29 is 61.2 Å². The number of nitrogens with one attached hydrogen (secondary N) is 2. The fourth-order valence-corrected chi connectivity index (χ4v) is 10.4. The number of amides is 5. The van der Waals surface area contributed by atoms with E-state index in [0.29, 0.717) is 57.3 Å². The number of nitrogens with zero attached hydrogens (tertiary/aromatic N) is 3. The number of thioether (sulfide) groups is 1. The number of carbonyl (C=O) groups excluding carboxylic acids is 5. The summed E-state index contributed by atoms with van der Waals surface area (Å²) in [5.74, 6) is -1.91. The number of aliphatic hydroxyl groups excluding tert-OH is 1. The molecule has 3 aromatic carbocycles. The number of carbonyl (C=O) groups is 5. The van der Waals surface area contributed by atoms with Crippen molar-refractivity contribution in [3.63, 3.8) is 0 Å². The van der Waals surface area contributed by atoms with E-state index in [1.54, 1.807) is 17.4 Å². The average molecular weight is 1090 g/mol. The Morgan fingerprint density at radius 1 is 0.882 bits per heavy atom. The SMILES string of the molecule is COc1cc(/C=C2\SC(=O)N(CCCCOCCCCOCCCCCC(=O)NC(C(=O)N3C[C@H](O)C[C@H]3C(=O)NCc3ccc(-c4sccc4C)cc3)C(C)(C)C)C2=O)ccc1Oc1ccc(C#N)cc1C(F)(F)F. The van der Waals surface area contributed by atoms with Crippen molar-refractivity contribution in [2.75, 3.05) is 46.6 Å². The third kappa shape index (κ3) is 16.6. The molecule has 408 valence electrons. The molecule has 3 N–H and O–H groups in total. The molecule has 6 rings (SSSR count). The van der Waals surface area contributed by atoms with E-state index in [1.165, 1.54) is 57.7 Å². The number of hydrogen-bond donors (Lipinski definition) is 3. The standard InChI is InChI=1S/C56H66F3N5O10S2/c1-36-22-28-75-49(36)40-18-14-37(15-19-40)34-61-51(67)43-32-41(65)35-64(43)53(69)50(55(2,3)4)62-48(66)13-7-6-9-24-72-26-11-12-27-73-25-10-8-23-63-52(68)47(76-54(63)70)31-38-16-21-45(46(30-38)71-5)74-44-20-17-39(33-60)29-42(44)56(57,58)59/h14-22,28-31,41,43,50,65H,6-13,23-27,32,34-35H2,1-5H3,(H,61,67)(H,62,66)/b47-31-/t41-,43+,50?/m1/s1. The van der Waals surface area contributed by atoms with Gasteiger partial charge in [0.1, 0.15) is 17.8 Å². The number of β-amino-alcohol motifs (C(OH)–C–C–N with tert-alkyl or cyclic N) is 1. The lowest BCUT2D eigenvalue weighted by Crippen LogP contribution is -2.57. The lowest BCUT2D eigenvalue weighted by atomic mass is 9.85. The minimum absolute atomic E-state index is 0.00374. The van der Waals surface area contributed by atoms with E-state index in [0.717, 1.165) is 54.6 Å². The predicted octanol–water partition coefficient (Wildman–Crippen LogP) is 10.4. The maximum Gasteiger partial charge on any atom is 0.420 e. The van der Waals surface area contributed by atoms with Crippen LogP contribution >= 0.6 is 23.1 Å². The zero-order chi connectivity index (χ0) is 55.0. The summed E-state index contributed by atoms with van der Waals surface area (Å²) in [4.78, 5) is 70.4. The predicted molar refractivity (Wildman–Crippen MR) is 284 cm³/mol. The van der Waals surface area contributed by atoms with E-state index in [9.17, 15) is 42.3 Å². The lowest BCUT2D eigenvalue weighted by molar-refractivity contribution is -0.144. The minimum Gasteiger partial charge on any atom is -0.493 e. The maximum absolute atomic E-state index is 14.0. The van der Waals surface area contributed by atoms with Crippen LogP contribution in [-0.2, 0) is 41.4 Å². The molecule has 76 heavy (non-hydrogen) atoms. The smallest absolute Gasteiger partial charge is 0.420 e. The van der Waals surface area contributed by atoms with Crippen molar-refractivity contribution in [2.45, 2.75) is 116 Å². The number of unbranched alkanes of at least 4 members (excludes halogenated alkanes) is 4. The molecule has 3 atom stereocenters. The van der Waals surface area contributed by atoms with Crippen LogP contribution in [0.3, 0.4) is 0 Å². The number of rotatable bonds is 26. The number of aryl methyl sites for hydroxylation is 1. The van der Waals surface area contributed by atoms with E-state index >= 15 is 0 Å². The molecule has 20 heteroatoms. The molecule has 15 nitrogen and oxygen atoms in total. The van der Waals surface area contributed by atoms with Crippen LogP contribution < -0.4 is 20.1 Å². The van der Waals surface area contributed by atoms with Crippen molar-refractivity contribution in [3.8, 4) is 33.8 Å². The summed E-state index contributed by atoms with van der Waals surface area (Å²) in [6.45, 7) is 10.2. The van der Waals surface area contributed by atoms with Crippen molar-refractivity contribution in [1.29, 1.82) is 5.26 Å². The number of ether oxygens (including phenoxy) is 4. The summed E-state index contributed by atoms with van der Waals surface area (Å²) in [7, 11) is 1.32. The Morgan fingerprint density at radius 2 is 1.55 bits per heavy atom. The quantitative estimate of drug-likeness (QED) is 0.0398. The van der Waals surface area contributed by atoms with Crippen LogP contribution in [0.15, 0.2) is 77.0 Å². The minimum atomic E-state index is -4.77. The van der Waals surface area contributed by atoms with Gasteiger partial charge in [-0.3, -0.25) is 28.9 Å². The number of thiophene rings is 1. The highest BCUT2D eigenvalue weighted by Gasteiger charge is 2.44. The van der Waals surface area contributed by atoms with E-state index in [4.69, 9.17) is 24.2 Å². The third-order valence-corrected chi connectivity index (χ3v) is 14.7. The Morgan fingerprint density at radius 3 is 2.18 bits per heavy atom. The Hall–Kier alpha value is -6.24. The van der Waals surface area contributed by atoms with Gasteiger partial charge in [0.15, 0.2) is 11.5 Å². The van der Waals surface area contributed by atoms with Crippen molar-refractivity contribution in [3.05, 3.63) is 105 Å². The molecular formula is C56H66F3N5O10S2. The highest BCUT2D eigenvalue weighted by molar-refractivity contribution is 8.18. The van der Waals surface area contributed by atoms with E-state index in [1.807, 2.05) is 45.0 Å². The van der Waals surface area contributed by atoms with E-state index in [2.05, 4.69) is 29.0 Å². The third-order valence-electron chi connectivity index (χ3n) is 12.8. The first-order valence-corrected chi connectivity index (χ1v) is 27.0. The fraction of sp³-hybridized carbons (Fsp3) is 0.464. The van der Waals surface area contributed by atoms with Gasteiger partial charge in [0.25, 0.3) is 11.1 Å². The van der Waals surface area contributed by atoms with Gasteiger partial charge >= 0.3 is 6.18 Å². The topological polar surface area (TPSA) is 197 Å². The molecule has 1 unspecified atom stereocenters. The number of nitriles is 1. The molecule has 5 amide bonds. The zero-order valence-electron chi connectivity index (χ0n) is 43.5. The molecular weight excluding hydrogens is 1020 g/mol. The van der Waals surface area contributed by atoms with Crippen molar-refractivity contribution >= 4 is 58.0 Å². The van der Waals surface area contributed by atoms with Gasteiger partial charge in [-0.25, -0.2) is 0 Å². The van der Waals surface area contributed by atoms with E-state index in [-0.39, 0.29) is 66.3 Å². The summed E-state index contributed by atoms with van der Waals surface area (Å²) in [5.41, 5.74) is 1.74. The first kappa shape index (κ1) is 59.0. The molecule has 2 aliphatic rings. The van der Waals surface area contributed by atoms with Crippen molar-refractivity contribution in [2.24, 2.45) is 5.41 Å². The Labute approximate surface area is 450 Å². The van der Waals surface area contributed by atoms with Gasteiger partial charge < -0.3 is 39.6 Å². The summed E-state index contributed by atoms with van der Waals surface area (Å²) in [6.07, 6.45) is 1.10. The van der Waals surface area contributed by atoms with E-state index < -0.39 is 58.1 Å². The van der Waals surface area contributed by atoms with Crippen LogP contribution in [-0.4, -0.2) is 109 Å². The number of halogens is 3.